The van der Waals surface area contributed by atoms with Crippen LogP contribution in [0.1, 0.15) is 0 Å². The first-order valence-electron chi connectivity index (χ1n) is 6.92. The SMILES string of the molecule is OB(O)c1cnc(-n2c3ccccc3c3ccccc32)nc1. The lowest BCUT2D eigenvalue weighted by Gasteiger charge is -2.06. The van der Waals surface area contributed by atoms with Crippen molar-refractivity contribution in [3.8, 4) is 5.95 Å². The van der Waals surface area contributed by atoms with Gasteiger partial charge in [-0.1, -0.05) is 36.4 Å². The van der Waals surface area contributed by atoms with E-state index < -0.39 is 7.12 Å². The predicted molar refractivity (Wildman–Crippen MR) is 86.2 cm³/mol. The van der Waals surface area contributed by atoms with Gasteiger partial charge in [0, 0.05) is 28.6 Å². The van der Waals surface area contributed by atoms with Gasteiger partial charge in [-0.15, -0.1) is 0 Å². The van der Waals surface area contributed by atoms with Crippen molar-refractivity contribution in [2.45, 2.75) is 0 Å². The maximum Gasteiger partial charge on any atom is 0.491 e. The Morgan fingerprint density at radius 1 is 0.773 bits per heavy atom. The summed E-state index contributed by atoms with van der Waals surface area (Å²) in [6.07, 6.45) is 2.85. The number of para-hydroxylation sites is 2. The van der Waals surface area contributed by atoms with Gasteiger partial charge in [0.25, 0.3) is 0 Å². The Bertz CT molecular complexity index is 911. The van der Waals surface area contributed by atoms with E-state index in [1.54, 1.807) is 0 Å². The third-order valence-corrected chi connectivity index (χ3v) is 3.74. The molecule has 0 aliphatic heterocycles. The quantitative estimate of drug-likeness (QED) is 0.545. The number of aromatic nitrogens is 3. The Kier molecular flexibility index (Phi) is 2.92. The lowest BCUT2D eigenvalue weighted by molar-refractivity contribution is 0.425. The summed E-state index contributed by atoms with van der Waals surface area (Å²) in [6.45, 7) is 0. The summed E-state index contributed by atoms with van der Waals surface area (Å²) in [5.41, 5.74) is 2.30. The summed E-state index contributed by atoms with van der Waals surface area (Å²) in [5, 5.41) is 20.6. The molecule has 2 aromatic heterocycles. The van der Waals surface area contributed by atoms with Crippen LogP contribution in [0, 0.1) is 0 Å². The molecule has 6 heteroatoms. The molecule has 0 aliphatic carbocycles. The van der Waals surface area contributed by atoms with Crippen molar-refractivity contribution in [2.75, 3.05) is 0 Å². The minimum absolute atomic E-state index is 0.268. The summed E-state index contributed by atoms with van der Waals surface area (Å²) < 4.78 is 1.97. The van der Waals surface area contributed by atoms with Crippen LogP contribution in [0.3, 0.4) is 0 Å². The topological polar surface area (TPSA) is 71.2 Å². The molecule has 0 atom stereocenters. The minimum atomic E-state index is -1.56. The van der Waals surface area contributed by atoms with Crippen LogP contribution in [0.4, 0.5) is 0 Å². The van der Waals surface area contributed by atoms with Crippen molar-refractivity contribution in [1.29, 1.82) is 0 Å². The molecule has 0 saturated carbocycles. The third kappa shape index (κ3) is 1.89. The van der Waals surface area contributed by atoms with E-state index in [2.05, 4.69) is 22.1 Å². The van der Waals surface area contributed by atoms with Crippen LogP contribution in [0.2, 0.25) is 0 Å². The molecule has 22 heavy (non-hydrogen) atoms. The van der Waals surface area contributed by atoms with E-state index in [9.17, 15) is 0 Å². The van der Waals surface area contributed by atoms with E-state index in [4.69, 9.17) is 10.0 Å². The number of hydrogen-bond acceptors (Lipinski definition) is 4. The van der Waals surface area contributed by atoms with Gasteiger partial charge in [0.05, 0.1) is 11.0 Å². The van der Waals surface area contributed by atoms with E-state index in [-0.39, 0.29) is 5.46 Å². The molecule has 0 unspecified atom stereocenters. The first kappa shape index (κ1) is 13.0. The minimum Gasteiger partial charge on any atom is -0.423 e. The van der Waals surface area contributed by atoms with Gasteiger partial charge in [0.15, 0.2) is 0 Å². The average Bonchev–Trinajstić information content (AvgIpc) is 2.89. The van der Waals surface area contributed by atoms with Crippen molar-refractivity contribution in [2.24, 2.45) is 0 Å². The molecule has 0 spiro atoms. The van der Waals surface area contributed by atoms with Gasteiger partial charge in [-0.2, -0.15) is 0 Å². The van der Waals surface area contributed by atoms with Crippen LogP contribution in [-0.4, -0.2) is 31.7 Å². The molecular weight excluding hydrogens is 277 g/mol. The summed E-state index contributed by atoms with van der Waals surface area (Å²) in [4.78, 5) is 8.55. The van der Waals surface area contributed by atoms with Gasteiger partial charge >= 0.3 is 7.12 Å². The molecule has 0 amide bonds. The smallest absolute Gasteiger partial charge is 0.423 e. The molecule has 2 aromatic carbocycles. The number of benzene rings is 2. The maximum absolute atomic E-state index is 9.16. The average molecular weight is 289 g/mol. The fourth-order valence-electron chi connectivity index (χ4n) is 2.72. The molecule has 2 heterocycles. The van der Waals surface area contributed by atoms with Crippen molar-refractivity contribution < 1.29 is 10.0 Å². The molecule has 0 saturated heterocycles. The monoisotopic (exact) mass is 289 g/mol. The molecule has 4 rings (SSSR count). The Balaban J connectivity index is 2.04. The van der Waals surface area contributed by atoms with Gasteiger partial charge in [-0.05, 0) is 12.1 Å². The molecule has 106 valence electrons. The van der Waals surface area contributed by atoms with Gasteiger partial charge in [0.1, 0.15) is 0 Å². The summed E-state index contributed by atoms with van der Waals surface area (Å²) in [7, 11) is -1.56. The summed E-state index contributed by atoms with van der Waals surface area (Å²) in [6, 6.07) is 16.1. The number of fused-ring (bicyclic) bond motifs is 3. The van der Waals surface area contributed by atoms with Crippen molar-refractivity contribution >= 4 is 34.4 Å². The van der Waals surface area contributed by atoms with Crippen LogP contribution < -0.4 is 5.46 Å². The molecule has 0 bridgehead atoms. The lowest BCUT2D eigenvalue weighted by Crippen LogP contribution is -2.30. The second-order valence-corrected chi connectivity index (χ2v) is 5.06. The lowest BCUT2D eigenvalue weighted by atomic mass is 9.83. The number of rotatable bonds is 2. The second-order valence-electron chi connectivity index (χ2n) is 5.06. The van der Waals surface area contributed by atoms with E-state index >= 15 is 0 Å². The summed E-state index contributed by atoms with van der Waals surface area (Å²) in [5.74, 6) is 0.502. The van der Waals surface area contributed by atoms with Crippen molar-refractivity contribution in [3.05, 3.63) is 60.9 Å². The predicted octanol–water partition coefficient (Wildman–Crippen LogP) is 1.25. The highest BCUT2D eigenvalue weighted by Crippen LogP contribution is 2.30. The second kappa shape index (κ2) is 4.94. The highest BCUT2D eigenvalue weighted by Gasteiger charge is 2.15. The van der Waals surface area contributed by atoms with Crippen LogP contribution in [0.5, 0.6) is 0 Å². The third-order valence-electron chi connectivity index (χ3n) is 3.74. The zero-order valence-electron chi connectivity index (χ0n) is 11.6. The van der Waals surface area contributed by atoms with Crippen molar-refractivity contribution in [1.82, 2.24) is 14.5 Å². The summed E-state index contributed by atoms with van der Waals surface area (Å²) >= 11 is 0. The largest absolute Gasteiger partial charge is 0.491 e. The Labute approximate surface area is 126 Å². The van der Waals surface area contributed by atoms with Crippen LogP contribution in [0.25, 0.3) is 27.8 Å². The highest BCUT2D eigenvalue weighted by atomic mass is 16.4. The Hall–Kier alpha value is -2.70. The van der Waals surface area contributed by atoms with E-state index in [1.165, 1.54) is 12.4 Å². The normalized spacial score (nSPS) is 11.2. The molecule has 0 aliphatic rings. The van der Waals surface area contributed by atoms with Gasteiger partial charge < -0.3 is 10.0 Å². The first-order valence-corrected chi connectivity index (χ1v) is 6.92. The van der Waals surface area contributed by atoms with Gasteiger partial charge in [-0.3, -0.25) is 4.57 Å². The van der Waals surface area contributed by atoms with Crippen molar-refractivity contribution in [3.63, 3.8) is 0 Å². The van der Waals surface area contributed by atoms with Crippen LogP contribution in [-0.2, 0) is 0 Å². The first-order chi connectivity index (χ1) is 10.8. The maximum atomic E-state index is 9.16. The van der Waals surface area contributed by atoms with Crippen LogP contribution >= 0.6 is 0 Å². The van der Waals surface area contributed by atoms with E-state index in [0.717, 1.165) is 21.8 Å². The number of hydrogen-bond donors (Lipinski definition) is 2. The zero-order valence-corrected chi connectivity index (χ0v) is 11.6. The van der Waals surface area contributed by atoms with Gasteiger partial charge in [-0.25, -0.2) is 9.97 Å². The molecular formula is C16H12BN3O2. The highest BCUT2D eigenvalue weighted by molar-refractivity contribution is 6.58. The Morgan fingerprint density at radius 2 is 1.27 bits per heavy atom. The van der Waals surface area contributed by atoms with Crippen LogP contribution in [0.15, 0.2) is 60.9 Å². The van der Waals surface area contributed by atoms with E-state index in [1.807, 2.05) is 41.0 Å². The fraction of sp³-hybridized carbons (Fsp3) is 0. The molecule has 2 N–H and O–H groups in total. The van der Waals surface area contributed by atoms with Gasteiger partial charge in [0.2, 0.25) is 5.95 Å². The number of nitrogens with zero attached hydrogens (tertiary/aromatic N) is 3. The molecule has 0 fully saturated rings. The zero-order chi connectivity index (χ0) is 15.1. The molecule has 4 aromatic rings. The van der Waals surface area contributed by atoms with E-state index in [0.29, 0.717) is 5.95 Å². The standard InChI is InChI=1S/C16H12BN3O2/c21-17(22)11-9-18-16(19-10-11)20-14-7-3-1-5-12(14)13-6-2-4-8-15(13)20/h1-10,21-22H. The fourth-order valence-corrected chi connectivity index (χ4v) is 2.72. The Morgan fingerprint density at radius 3 is 1.77 bits per heavy atom. The molecule has 5 nitrogen and oxygen atoms in total. The molecule has 0 radical (unpaired) electrons.